The second-order valence-electron chi connectivity index (χ2n) is 4.93. The van der Waals surface area contributed by atoms with E-state index in [9.17, 15) is 8.42 Å². The minimum absolute atomic E-state index is 0.0625. The minimum Gasteiger partial charge on any atom is -0.399 e. The van der Waals surface area contributed by atoms with Gasteiger partial charge in [0.1, 0.15) is 0 Å². The summed E-state index contributed by atoms with van der Waals surface area (Å²) in [5.41, 5.74) is 7.37. The average Bonchev–Trinajstić information content (AvgIpc) is 2.27. The topological polar surface area (TPSA) is 101 Å². The van der Waals surface area contributed by atoms with E-state index in [1.807, 2.05) is 14.1 Å². The van der Waals surface area contributed by atoms with Crippen molar-refractivity contribution in [2.24, 2.45) is 5.14 Å². The second-order valence-corrected chi connectivity index (χ2v) is 6.46. The highest BCUT2D eigenvalue weighted by molar-refractivity contribution is 7.89. The van der Waals surface area contributed by atoms with Crippen LogP contribution in [0.2, 0.25) is 0 Å². The number of nitrogens with two attached hydrogens (primary N) is 2. The number of nitrogens with zero attached hydrogens (tertiary/aromatic N) is 1. The Labute approximate surface area is 114 Å². The number of anilines is 2. The number of sulfonamides is 1. The molecular weight excluding hydrogens is 264 g/mol. The molecule has 0 heterocycles. The molecule has 5 N–H and O–H groups in total. The molecule has 1 atom stereocenters. The van der Waals surface area contributed by atoms with Crippen LogP contribution in [0, 0.1) is 6.92 Å². The predicted octanol–water partition coefficient (Wildman–Crippen LogP) is 0.587. The third-order valence-electron chi connectivity index (χ3n) is 3.16. The quantitative estimate of drug-likeness (QED) is 0.688. The maximum atomic E-state index is 11.5. The molecule has 7 heteroatoms. The van der Waals surface area contributed by atoms with E-state index in [-0.39, 0.29) is 4.90 Å². The fraction of sp³-hybridized carbons (Fsp3) is 0.500. The highest BCUT2D eigenvalue weighted by Crippen LogP contribution is 2.26. The highest BCUT2D eigenvalue weighted by atomic mass is 32.2. The fourth-order valence-electron chi connectivity index (χ4n) is 1.63. The molecule has 0 aliphatic heterocycles. The van der Waals surface area contributed by atoms with Crippen LogP contribution in [0.25, 0.3) is 0 Å². The summed E-state index contributed by atoms with van der Waals surface area (Å²) >= 11 is 0. The van der Waals surface area contributed by atoms with E-state index < -0.39 is 10.0 Å². The van der Waals surface area contributed by atoms with Crippen molar-refractivity contribution >= 4 is 21.4 Å². The number of rotatable bonds is 5. The number of hydrogen-bond acceptors (Lipinski definition) is 5. The number of nitrogen functional groups attached to an aromatic ring is 1. The van der Waals surface area contributed by atoms with Gasteiger partial charge in [0.05, 0.1) is 4.90 Å². The van der Waals surface area contributed by atoms with Gasteiger partial charge in [0.2, 0.25) is 10.0 Å². The van der Waals surface area contributed by atoms with Crippen LogP contribution >= 0.6 is 0 Å². The zero-order valence-electron chi connectivity index (χ0n) is 11.8. The van der Waals surface area contributed by atoms with Crippen LogP contribution in [0.15, 0.2) is 17.0 Å². The molecule has 108 valence electrons. The molecule has 6 nitrogen and oxygen atoms in total. The maximum absolute atomic E-state index is 11.5. The van der Waals surface area contributed by atoms with Crippen LogP contribution in [-0.4, -0.2) is 40.0 Å². The van der Waals surface area contributed by atoms with Crippen LogP contribution in [0.5, 0.6) is 0 Å². The predicted molar refractivity (Wildman–Crippen MR) is 78.6 cm³/mol. The van der Waals surface area contributed by atoms with Gasteiger partial charge in [-0.05, 0) is 45.6 Å². The van der Waals surface area contributed by atoms with Crippen molar-refractivity contribution in [3.8, 4) is 0 Å². The van der Waals surface area contributed by atoms with Gasteiger partial charge >= 0.3 is 0 Å². The smallest absolute Gasteiger partial charge is 0.238 e. The Morgan fingerprint density at radius 2 is 1.95 bits per heavy atom. The number of benzene rings is 1. The van der Waals surface area contributed by atoms with Crippen LogP contribution in [0.1, 0.15) is 12.5 Å². The summed E-state index contributed by atoms with van der Waals surface area (Å²) in [7, 11) is 0.197. The standard InChI is InChI=1S/C12H22N4O2S/c1-8(16(3)4)7-15-11-5-10(13)6-12(9(11)2)19(14,17)18/h5-6,8,15H,7,13H2,1-4H3,(H2,14,17,18). The first-order valence-electron chi connectivity index (χ1n) is 5.96. The average molecular weight is 286 g/mol. The van der Waals surface area contributed by atoms with Crippen molar-refractivity contribution in [1.82, 2.24) is 4.90 Å². The van der Waals surface area contributed by atoms with Crippen LogP contribution < -0.4 is 16.2 Å². The highest BCUT2D eigenvalue weighted by Gasteiger charge is 2.16. The lowest BCUT2D eigenvalue weighted by atomic mass is 10.1. The zero-order chi connectivity index (χ0) is 14.8. The molecule has 0 saturated heterocycles. The van der Waals surface area contributed by atoms with Crippen molar-refractivity contribution < 1.29 is 8.42 Å². The Morgan fingerprint density at radius 3 is 2.42 bits per heavy atom. The van der Waals surface area contributed by atoms with Crippen molar-refractivity contribution in [1.29, 1.82) is 0 Å². The SMILES string of the molecule is Cc1c(NCC(C)N(C)C)cc(N)cc1S(N)(=O)=O. The van der Waals surface area contributed by atoms with Gasteiger partial charge in [-0.3, -0.25) is 0 Å². The summed E-state index contributed by atoms with van der Waals surface area (Å²) in [5, 5.41) is 8.39. The van der Waals surface area contributed by atoms with Gasteiger partial charge in [0.15, 0.2) is 0 Å². The van der Waals surface area contributed by atoms with Crippen LogP contribution in [0.4, 0.5) is 11.4 Å². The zero-order valence-corrected chi connectivity index (χ0v) is 12.6. The maximum Gasteiger partial charge on any atom is 0.238 e. The van der Waals surface area contributed by atoms with Crippen molar-refractivity contribution in [2.45, 2.75) is 24.8 Å². The Hall–Kier alpha value is -1.31. The minimum atomic E-state index is -3.76. The van der Waals surface area contributed by atoms with E-state index in [0.29, 0.717) is 29.5 Å². The summed E-state index contributed by atoms with van der Waals surface area (Å²) in [4.78, 5) is 2.13. The lowest BCUT2D eigenvalue weighted by molar-refractivity contribution is 0.326. The first kappa shape index (κ1) is 15.7. The summed E-state index contributed by atoms with van der Waals surface area (Å²) in [6.07, 6.45) is 0. The largest absolute Gasteiger partial charge is 0.399 e. The molecule has 0 bridgehead atoms. The van der Waals surface area contributed by atoms with Crippen molar-refractivity contribution in [3.63, 3.8) is 0 Å². The van der Waals surface area contributed by atoms with Gasteiger partial charge in [0, 0.05) is 24.0 Å². The molecule has 0 saturated carbocycles. The van der Waals surface area contributed by atoms with Crippen LogP contribution in [-0.2, 0) is 10.0 Å². The first-order chi connectivity index (χ1) is 8.62. The lowest BCUT2D eigenvalue weighted by Gasteiger charge is -2.22. The number of likely N-dealkylation sites (N-methyl/N-ethyl adjacent to an activating group) is 1. The molecule has 1 unspecified atom stereocenters. The number of hydrogen-bond donors (Lipinski definition) is 3. The fourth-order valence-corrected chi connectivity index (χ4v) is 2.47. The van der Waals surface area contributed by atoms with Crippen LogP contribution in [0.3, 0.4) is 0 Å². The molecule has 0 aromatic heterocycles. The number of nitrogens with one attached hydrogen (secondary N) is 1. The Morgan fingerprint density at radius 1 is 1.37 bits per heavy atom. The summed E-state index contributed by atoms with van der Waals surface area (Å²) in [6.45, 7) is 4.46. The van der Waals surface area contributed by atoms with Crippen molar-refractivity contribution in [3.05, 3.63) is 17.7 Å². The molecule has 0 aliphatic carbocycles. The van der Waals surface area contributed by atoms with E-state index >= 15 is 0 Å². The van der Waals surface area contributed by atoms with E-state index in [4.69, 9.17) is 10.9 Å². The van der Waals surface area contributed by atoms with Gasteiger partial charge in [-0.2, -0.15) is 0 Å². The monoisotopic (exact) mass is 286 g/mol. The van der Waals surface area contributed by atoms with E-state index in [0.717, 1.165) is 0 Å². The molecule has 19 heavy (non-hydrogen) atoms. The summed E-state index contributed by atoms with van der Waals surface area (Å²) in [5.74, 6) is 0. The lowest BCUT2D eigenvalue weighted by Crippen LogP contribution is -2.31. The van der Waals surface area contributed by atoms with Gasteiger partial charge < -0.3 is 16.0 Å². The van der Waals surface area contributed by atoms with E-state index in [1.54, 1.807) is 13.0 Å². The van der Waals surface area contributed by atoms with Gasteiger partial charge in [0.25, 0.3) is 0 Å². The van der Waals surface area contributed by atoms with E-state index in [1.165, 1.54) is 6.07 Å². The molecule has 0 radical (unpaired) electrons. The number of primary sulfonamides is 1. The molecule has 0 amide bonds. The molecular formula is C12H22N4O2S. The Bertz CT molecular complexity index is 555. The summed E-state index contributed by atoms with van der Waals surface area (Å²) in [6, 6.07) is 3.40. The summed E-state index contributed by atoms with van der Waals surface area (Å²) < 4.78 is 23.0. The second kappa shape index (κ2) is 5.77. The molecule has 0 fully saturated rings. The molecule has 1 rings (SSSR count). The molecule has 0 aliphatic rings. The normalized spacial score (nSPS) is 13.6. The van der Waals surface area contributed by atoms with Gasteiger partial charge in [-0.25, -0.2) is 13.6 Å². The third-order valence-corrected chi connectivity index (χ3v) is 4.20. The Kier molecular flexibility index (Phi) is 4.78. The van der Waals surface area contributed by atoms with Gasteiger partial charge in [-0.15, -0.1) is 0 Å². The molecule has 0 spiro atoms. The Balaban J connectivity index is 3.06. The third kappa shape index (κ3) is 4.09. The van der Waals surface area contributed by atoms with Gasteiger partial charge in [-0.1, -0.05) is 0 Å². The molecule has 1 aromatic rings. The molecule has 1 aromatic carbocycles. The van der Waals surface area contributed by atoms with Crippen molar-refractivity contribution in [2.75, 3.05) is 31.7 Å². The van der Waals surface area contributed by atoms with E-state index in [2.05, 4.69) is 17.1 Å². The first-order valence-corrected chi connectivity index (χ1v) is 7.50.